The third-order valence-corrected chi connectivity index (χ3v) is 3.41. The SMILES string of the molecule is CC.CC(C)(C)OC(=O)N1CCN(c2ccc(C(=O)O)cc2)CC1. The van der Waals surface area contributed by atoms with Gasteiger partial charge in [-0.3, -0.25) is 0 Å². The first-order valence-corrected chi connectivity index (χ1v) is 8.32. The predicted molar refractivity (Wildman–Crippen MR) is 94.8 cm³/mol. The van der Waals surface area contributed by atoms with Gasteiger partial charge in [-0.2, -0.15) is 0 Å². The van der Waals surface area contributed by atoms with Crippen LogP contribution in [0.4, 0.5) is 10.5 Å². The summed E-state index contributed by atoms with van der Waals surface area (Å²) in [6, 6.07) is 6.79. The highest BCUT2D eigenvalue weighted by molar-refractivity contribution is 5.88. The summed E-state index contributed by atoms with van der Waals surface area (Å²) in [5.74, 6) is -0.929. The van der Waals surface area contributed by atoms with E-state index in [0.717, 1.165) is 5.69 Å². The molecule has 2 rings (SSSR count). The molecule has 6 nitrogen and oxygen atoms in total. The van der Waals surface area contributed by atoms with E-state index in [9.17, 15) is 9.59 Å². The van der Waals surface area contributed by atoms with E-state index in [0.29, 0.717) is 26.2 Å². The van der Waals surface area contributed by atoms with E-state index in [4.69, 9.17) is 9.84 Å². The molecular formula is C18H28N2O4. The van der Waals surface area contributed by atoms with Gasteiger partial charge in [0.05, 0.1) is 5.56 Å². The molecule has 0 unspecified atom stereocenters. The minimum Gasteiger partial charge on any atom is -0.478 e. The number of carboxylic acids is 1. The number of amides is 1. The molecule has 0 atom stereocenters. The van der Waals surface area contributed by atoms with Crippen LogP contribution in [0.3, 0.4) is 0 Å². The fraction of sp³-hybridized carbons (Fsp3) is 0.556. The molecule has 1 aromatic rings. The molecule has 0 aromatic heterocycles. The number of carbonyl (C=O) groups excluding carboxylic acids is 1. The van der Waals surface area contributed by atoms with Crippen molar-refractivity contribution in [2.45, 2.75) is 40.2 Å². The van der Waals surface area contributed by atoms with Crippen molar-refractivity contribution < 1.29 is 19.4 Å². The second kappa shape index (κ2) is 8.57. The number of piperazine rings is 1. The van der Waals surface area contributed by atoms with Gasteiger partial charge in [0, 0.05) is 31.9 Å². The van der Waals surface area contributed by atoms with Crippen molar-refractivity contribution >= 4 is 17.7 Å². The Morgan fingerprint density at radius 2 is 1.50 bits per heavy atom. The van der Waals surface area contributed by atoms with Gasteiger partial charge in [0.1, 0.15) is 5.60 Å². The van der Waals surface area contributed by atoms with Gasteiger partial charge in [0.25, 0.3) is 0 Å². The third-order valence-electron chi connectivity index (χ3n) is 3.41. The van der Waals surface area contributed by atoms with E-state index in [1.165, 1.54) is 0 Å². The number of nitrogens with zero attached hydrogens (tertiary/aromatic N) is 2. The molecule has 6 heteroatoms. The number of hydrogen-bond acceptors (Lipinski definition) is 4. The average molecular weight is 336 g/mol. The highest BCUT2D eigenvalue weighted by atomic mass is 16.6. The number of rotatable bonds is 2. The normalized spacial score (nSPS) is 14.5. The van der Waals surface area contributed by atoms with E-state index in [1.807, 2.05) is 34.6 Å². The molecule has 1 fully saturated rings. The Morgan fingerprint density at radius 3 is 1.92 bits per heavy atom. The van der Waals surface area contributed by atoms with Crippen molar-refractivity contribution in [1.82, 2.24) is 4.90 Å². The van der Waals surface area contributed by atoms with E-state index in [1.54, 1.807) is 29.2 Å². The minimum atomic E-state index is -0.929. The van der Waals surface area contributed by atoms with Crippen molar-refractivity contribution in [3.8, 4) is 0 Å². The molecule has 1 aliphatic heterocycles. The first-order valence-electron chi connectivity index (χ1n) is 8.32. The first-order chi connectivity index (χ1) is 11.3. The van der Waals surface area contributed by atoms with Gasteiger partial charge in [-0.1, -0.05) is 13.8 Å². The summed E-state index contributed by atoms with van der Waals surface area (Å²) in [5.41, 5.74) is 0.755. The molecule has 1 heterocycles. The lowest BCUT2D eigenvalue weighted by Crippen LogP contribution is -2.50. The third kappa shape index (κ3) is 5.76. The van der Waals surface area contributed by atoms with Gasteiger partial charge in [-0.15, -0.1) is 0 Å². The fourth-order valence-corrected chi connectivity index (χ4v) is 2.29. The number of benzene rings is 1. The standard InChI is InChI=1S/C16H22N2O4.C2H6/c1-16(2,3)22-15(21)18-10-8-17(9-11-18)13-6-4-12(5-7-13)14(19)20;1-2/h4-7H,8-11H2,1-3H3,(H,19,20);1-2H3. The van der Waals surface area contributed by atoms with Gasteiger partial charge in [0.15, 0.2) is 0 Å². The van der Waals surface area contributed by atoms with Crippen LogP contribution >= 0.6 is 0 Å². The molecule has 134 valence electrons. The molecule has 24 heavy (non-hydrogen) atoms. The van der Waals surface area contributed by atoms with Gasteiger partial charge in [0.2, 0.25) is 0 Å². The molecule has 0 spiro atoms. The highest BCUT2D eigenvalue weighted by Gasteiger charge is 2.25. The molecule has 0 saturated carbocycles. The van der Waals surface area contributed by atoms with Crippen molar-refractivity contribution in [1.29, 1.82) is 0 Å². The molecular weight excluding hydrogens is 308 g/mol. The number of carboxylic acid groups (broad SMARTS) is 1. The van der Waals surface area contributed by atoms with Crippen molar-refractivity contribution in [3.63, 3.8) is 0 Å². The summed E-state index contributed by atoms with van der Waals surface area (Å²) < 4.78 is 5.36. The largest absolute Gasteiger partial charge is 0.478 e. The lowest BCUT2D eigenvalue weighted by Gasteiger charge is -2.36. The first kappa shape index (κ1) is 19.8. The van der Waals surface area contributed by atoms with E-state index < -0.39 is 11.6 Å². The molecule has 1 amide bonds. The van der Waals surface area contributed by atoms with Crippen LogP contribution in [-0.4, -0.2) is 53.8 Å². The number of ether oxygens (including phenoxy) is 1. The second-order valence-electron chi connectivity index (χ2n) is 6.31. The van der Waals surface area contributed by atoms with Crippen molar-refractivity contribution in [3.05, 3.63) is 29.8 Å². The molecule has 0 bridgehead atoms. The maximum Gasteiger partial charge on any atom is 0.410 e. The maximum absolute atomic E-state index is 12.0. The summed E-state index contributed by atoms with van der Waals surface area (Å²) in [7, 11) is 0. The van der Waals surface area contributed by atoms with Crippen LogP contribution in [0.2, 0.25) is 0 Å². The van der Waals surface area contributed by atoms with Gasteiger partial charge < -0.3 is 19.6 Å². The molecule has 1 aromatic carbocycles. The minimum absolute atomic E-state index is 0.274. The summed E-state index contributed by atoms with van der Waals surface area (Å²) in [6.07, 6.45) is -0.284. The average Bonchev–Trinajstić information content (AvgIpc) is 2.55. The Bertz CT molecular complexity index is 541. The van der Waals surface area contributed by atoms with Crippen LogP contribution in [0.1, 0.15) is 45.0 Å². The van der Waals surface area contributed by atoms with Gasteiger partial charge in [-0.25, -0.2) is 9.59 Å². The number of carbonyl (C=O) groups is 2. The zero-order chi connectivity index (χ0) is 18.3. The predicted octanol–water partition coefficient (Wildman–Crippen LogP) is 3.47. The van der Waals surface area contributed by atoms with Crippen LogP contribution in [-0.2, 0) is 4.74 Å². The van der Waals surface area contributed by atoms with E-state index in [2.05, 4.69) is 4.90 Å². The van der Waals surface area contributed by atoms with E-state index in [-0.39, 0.29) is 11.7 Å². The zero-order valence-corrected chi connectivity index (χ0v) is 15.2. The molecule has 1 aliphatic rings. The Balaban J connectivity index is 0.00000139. The molecule has 0 aliphatic carbocycles. The quantitative estimate of drug-likeness (QED) is 0.895. The highest BCUT2D eigenvalue weighted by Crippen LogP contribution is 2.18. The van der Waals surface area contributed by atoms with E-state index >= 15 is 0 Å². The summed E-state index contributed by atoms with van der Waals surface area (Å²) in [6.45, 7) is 12.1. The fourth-order valence-electron chi connectivity index (χ4n) is 2.29. The Hall–Kier alpha value is -2.24. The number of hydrogen-bond donors (Lipinski definition) is 1. The lowest BCUT2D eigenvalue weighted by atomic mass is 10.2. The smallest absolute Gasteiger partial charge is 0.410 e. The summed E-state index contributed by atoms with van der Waals surface area (Å²) >= 11 is 0. The molecule has 0 radical (unpaired) electrons. The Morgan fingerprint density at radius 1 is 1.00 bits per heavy atom. The zero-order valence-electron chi connectivity index (χ0n) is 15.2. The van der Waals surface area contributed by atoms with Gasteiger partial charge in [-0.05, 0) is 45.0 Å². The number of aromatic carboxylic acids is 1. The monoisotopic (exact) mass is 336 g/mol. The second-order valence-corrected chi connectivity index (χ2v) is 6.31. The van der Waals surface area contributed by atoms with Crippen LogP contribution in [0.5, 0.6) is 0 Å². The lowest BCUT2D eigenvalue weighted by molar-refractivity contribution is 0.0240. The van der Waals surface area contributed by atoms with Crippen LogP contribution < -0.4 is 4.90 Å². The molecule has 1 N–H and O–H groups in total. The van der Waals surface area contributed by atoms with Crippen LogP contribution in [0, 0.1) is 0 Å². The van der Waals surface area contributed by atoms with Crippen LogP contribution in [0.15, 0.2) is 24.3 Å². The Kier molecular flexibility index (Phi) is 7.07. The molecule has 1 saturated heterocycles. The maximum atomic E-state index is 12.0. The Labute approximate surface area is 144 Å². The van der Waals surface area contributed by atoms with Crippen molar-refractivity contribution in [2.24, 2.45) is 0 Å². The summed E-state index contributed by atoms with van der Waals surface area (Å²) in [5, 5.41) is 8.90. The summed E-state index contributed by atoms with van der Waals surface area (Å²) in [4.78, 5) is 26.7. The number of anilines is 1. The van der Waals surface area contributed by atoms with Crippen LogP contribution in [0.25, 0.3) is 0 Å². The topological polar surface area (TPSA) is 70.1 Å². The van der Waals surface area contributed by atoms with Crippen molar-refractivity contribution in [2.75, 3.05) is 31.1 Å². The van der Waals surface area contributed by atoms with Gasteiger partial charge >= 0.3 is 12.1 Å².